The van der Waals surface area contributed by atoms with Crippen LogP contribution in [0.15, 0.2) is 12.1 Å². The minimum atomic E-state index is -1.11. The summed E-state index contributed by atoms with van der Waals surface area (Å²) in [6.45, 7) is 0. The Morgan fingerprint density at radius 2 is 1.59 bits per heavy atom. The summed E-state index contributed by atoms with van der Waals surface area (Å²) in [5.74, 6) is -2.25. The smallest absolute Gasteiger partial charge is 0.378 e. The first-order valence-electron chi connectivity index (χ1n) is 5.93. The molecule has 0 radical (unpaired) electrons. The average molecular weight is 331 g/mol. The Hall–Kier alpha value is -2.41. The molecule has 0 heterocycles. The van der Waals surface area contributed by atoms with Gasteiger partial charge in [0, 0.05) is 6.08 Å². The highest BCUT2D eigenvalue weighted by atomic mass is 35.5. The molecule has 0 unspecified atom stereocenters. The fourth-order valence-corrected chi connectivity index (χ4v) is 1.99. The number of carbonyl (C=O) groups excluding carboxylic acids is 2. The second-order valence-electron chi connectivity index (χ2n) is 3.89. The van der Waals surface area contributed by atoms with Gasteiger partial charge in [0.05, 0.1) is 39.0 Å². The number of rotatable bonds is 6. The lowest BCUT2D eigenvalue weighted by atomic mass is 10.1. The molecule has 0 bridgehead atoms. The highest BCUT2D eigenvalue weighted by Crippen LogP contribution is 2.46. The number of aliphatic hydroxyl groups excluding tert-OH is 1. The summed E-state index contributed by atoms with van der Waals surface area (Å²) in [7, 11) is 5.14. The molecule has 0 spiro atoms. The lowest BCUT2D eigenvalue weighted by Crippen LogP contribution is -2.13. The molecular weight excluding hydrogens is 316 g/mol. The van der Waals surface area contributed by atoms with Crippen LogP contribution in [0.3, 0.4) is 0 Å². The van der Waals surface area contributed by atoms with Crippen molar-refractivity contribution in [3.8, 4) is 17.2 Å². The van der Waals surface area contributed by atoms with E-state index in [0.29, 0.717) is 6.08 Å². The van der Waals surface area contributed by atoms with Crippen LogP contribution in [0.2, 0.25) is 5.02 Å². The van der Waals surface area contributed by atoms with E-state index in [1.165, 1.54) is 27.4 Å². The van der Waals surface area contributed by atoms with Crippen molar-refractivity contribution in [2.75, 3.05) is 28.4 Å². The zero-order valence-electron chi connectivity index (χ0n) is 12.4. The Balaban J connectivity index is 3.47. The van der Waals surface area contributed by atoms with Gasteiger partial charge in [0.25, 0.3) is 5.78 Å². The van der Waals surface area contributed by atoms with Crippen molar-refractivity contribution < 1.29 is 33.6 Å². The van der Waals surface area contributed by atoms with E-state index in [-0.39, 0.29) is 27.8 Å². The van der Waals surface area contributed by atoms with E-state index >= 15 is 0 Å². The first kappa shape index (κ1) is 17.6. The monoisotopic (exact) mass is 330 g/mol. The number of ether oxygens (including phenoxy) is 4. The predicted molar refractivity (Wildman–Crippen MR) is 78.7 cm³/mol. The van der Waals surface area contributed by atoms with Gasteiger partial charge in [-0.05, 0) is 6.07 Å². The molecule has 0 fully saturated rings. The maximum Gasteiger partial charge on any atom is 0.378 e. The number of halogens is 1. The predicted octanol–water partition coefficient (Wildman–Crippen LogP) is 2.01. The van der Waals surface area contributed by atoms with Gasteiger partial charge in [-0.3, -0.25) is 4.79 Å². The number of benzene rings is 1. The lowest BCUT2D eigenvalue weighted by Gasteiger charge is -2.16. The third-order valence-corrected chi connectivity index (χ3v) is 2.97. The first-order chi connectivity index (χ1) is 10.4. The van der Waals surface area contributed by atoms with E-state index in [9.17, 15) is 14.7 Å². The first-order valence-corrected chi connectivity index (χ1v) is 6.30. The van der Waals surface area contributed by atoms with Crippen LogP contribution in [0, 0.1) is 0 Å². The van der Waals surface area contributed by atoms with Crippen LogP contribution in [0.5, 0.6) is 17.2 Å². The summed E-state index contributed by atoms with van der Waals surface area (Å²) in [5.41, 5.74) is 0.0578. The third-order valence-electron chi connectivity index (χ3n) is 2.69. The van der Waals surface area contributed by atoms with Crippen LogP contribution >= 0.6 is 11.6 Å². The Labute approximate surface area is 132 Å². The summed E-state index contributed by atoms with van der Waals surface area (Å²) < 4.78 is 19.7. The topological polar surface area (TPSA) is 91.3 Å². The summed E-state index contributed by atoms with van der Waals surface area (Å²) in [5, 5.41) is 10.2. The molecule has 1 rings (SSSR count). The third kappa shape index (κ3) is 3.43. The van der Waals surface area contributed by atoms with Crippen molar-refractivity contribution in [1.29, 1.82) is 0 Å². The highest BCUT2D eigenvalue weighted by Gasteiger charge is 2.23. The fraction of sp³-hybridized carbons (Fsp3) is 0.286. The van der Waals surface area contributed by atoms with Crippen LogP contribution in [0.1, 0.15) is 5.56 Å². The maximum absolute atomic E-state index is 11.5. The molecule has 0 saturated heterocycles. The standard InChI is InChI=1S/C14H15ClO7/c1-19-11-7(9(16)6-10(17)14(18)22-4)5-8(15)12(20-2)13(11)21-3/h5-6,16H,1-4H3/b9-6-. The minimum Gasteiger partial charge on any atom is -0.507 e. The van der Waals surface area contributed by atoms with Crippen molar-refractivity contribution in [3.63, 3.8) is 0 Å². The molecule has 0 amide bonds. The summed E-state index contributed by atoms with van der Waals surface area (Å²) >= 11 is 6.04. The van der Waals surface area contributed by atoms with Gasteiger partial charge in [-0.15, -0.1) is 0 Å². The molecule has 1 aromatic carbocycles. The van der Waals surface area contributed by atoms with Crippen LogP contribution in [-0.4, -0.2) is 45.3 Å². The minimum absolute atomic E-state index is 0.0578. The van der Waals surface area contributed by atoms with Crippen molar-refractivity contribution in [1.82, 2.24) is 0 Å². The SMILES string of the molecule is COC(=O)C(=O)/C=C(\O)c1cc(Cl)c(OC)c(OC)c1OC. The Bertz CT molecular complexity index is 622. The number of methoxy groups -OCH3 is 4. The zero-order chi connectivity index (χ0) is 16.9. The number of hydrogen-bond acceptors (Lipinski definition) is 7. The number of aliphatic hydroxyl groups is 1. The van der Waals surface area contributed by atoms with E-state index < -0.39 is 17.5 Å². The number of ketones is 1. The molecule has 22 heavy (non-hydrogen) atoms. The Kier molecular flexibility index (Phi) is 6.06. The maximum atomic E-state index is 11.5. The van der Waals surface area contributed by atoms with Crippen LogP contribution < -0.4 is 14.2 Å². The lowest BCUT2D eigenvalue weighted by molar-refractivity contribution is -0.149. The van der Waals surface area contributed by atoms with Gasteiger partial charge in [-0.25, -0.2) is 4.79 Å². The van der Waals surface area contributed by atoms with Gasteiger partial charge in [0.15, 0.2) is 11.5 Å². The molecule has 0 saturated carbocycles. The van der Waals surface area contributed by atoms with E-state index in [0.717, 1.165) is 7.11 Å². The van der Waals surface area contributed by atoms with Crippen LogP contribution in [0.25, 0.3) is 5.76 Å². The van der Waals surface area contributed by atoms with Gasteiger partial charge in [-0.1, -0.05) is 11.6 Å². The second kappa shape index (κ2) is 7.56. The highest BCUT2D eigenvalue weighted by molar-refractivity contribution is 6.39. The van der Waals surface area contributed by atoms with E-state index in [4.69, 9.17) is 25.8 Å². The Morgan fingerprint density at radius 1 is 1.05 bits per heavy atom. The fourth-order valence-electron chi connectivity index (χ4n) is 1.72. The van der Waals surface area contributed by atoms with Gasteiger partial charge in [-0.2, -0.15) is 0 Å². The van der Waals surface area contributed by atoms with Gasteiger partial charge in [0.1, 0.15) is 5.76 Å². The van der Waals surface area contributed by atoms with Gasteiger partial charge in [0.2, 0.25) is 5.75 Å². The number of hydrogen-bond donors (Lipinski definition) is 1. The van der Waals surface area contributed by atoms with Gasteiger partial charge < -0.3 is 24.1 Å². The van der Waals surface area contributed by atoms with E-state index in [2.05, 4.69) is 4.74 Å². The summed E-state index contributed by atoms with van der Waals surface area (Å²) in [6, 6.07) is 1.32. The van der Waals surface area contributed by atoms with Crippen LogP contribution in [0.4, 0.5) is 0 Å². The normalized spacial score (nSPS) is 10.9. The quantitative estimate of drug-likeness (QED) is 0.369. The molecular formula is C14H15ClO7. The molecule has 1 N–H and O–H groups in total. The van der Waals surface area contributed by atoms with Crippen molar-refractivity contribution in [2.45, 2.75) is 0 Å². The van der Waals surface area contributed by atoms with Gasteiger partial charge >= 0.3 is 5.97 Å². The number of esters is 1. The van der Waals surface area contributed by atoms with Crippen molar-refractivity contribution >= 4 is 29.1 Å². The largest absolute Gasteiger partial charge is 0.507 e. The molecule has 1 aromatic rings. The number of carbonyl (C=O) groups is 2. The molecule has 0 atom stereocenters. The molecule has 8 heteroatoms. The molecule has 0 aliphatic heterocycles. The van der Waals surface area contributed by atoms with Crippen molar-refractivity contribution in [3.05, 3.63) is 22.7 Å². The molecule has 0 aliphatic rings. The average Bonchev–Trinajstić information content (AvgIpc) is 2.52. The molecule has 120 valence electrons. The van der Waals surface area contributed by atoms with Crippen LogP contribution in [-0.2, 0) is 14.3 Å². The zero-order valence-corrected chi connectivity index (χ0v) is 13.2. The summed E-state index contributed by atoms with van der Waals surface area (Å²) in [6.07, 6.45) is 0.700. The van der Waals surface area contributed by atoms with E-state index in [1.807, 2.05) is 0 Å². The summed E-state index contributed by atoms with van der Waals surface area (Å²) in [4.78, 5) is 22.6. The van der Waals surface area contributed by atoms with E-state index in [1.54, 1.807) is 0 Å². The molecule has 0 aliphatic carbocycles. The Morgan fingerprint density at radius 3 is 2.05 bits per heavy atom. The van der Waals surface area contributed by atoms with Crippen molar-refractivity contribution in [2.24, 2.45) is 0 Å². The second-order valence-corrected chi connectivity index (χ2v) is 4.30. The molecule has 0 aromatic heterocycles. The molecule has 7 nitrogen and oxygen atoms in total.